The number of benzene rings is 2. The van der Waals surface area contributed by atoms with Crippen LogP contribution >= 0.6 is 11.6 Å². The van der Waals surface area contributed by atoms with Crippen molar-refractivity contribution in [2.45, 2.75) is 24.3 Å². The number of carbonyl (C=O) groups excluding carboxylic acids is 1. The van der Waals surface area contributed by atoms with E-state index in [0.29, 0.717) is 33.5 Å². The van der Waals surface area contributed by atoms with Gasteiger partial charge in [0, 0.05) is 24.2 Å². The Labute approximate surface area is 211 Å². The van der Waals surface area contributed by atoms with Gasteiger partial charge in [-0.3, -0.25) is 14.5 Å². The molecule has 1 aliphatic heterocycles. The third-order valence-electron chi connectivity index (χ3n) is 5.88. The van der Waals surface area contributed by atoms with Crippen molar-refractivity contribution in [3.8, 4) is 16.9 Å². The summed E-state index contributed by atoms with van der Waals surface area (Å²) >= 11 is 6.19. The molecular weight excluding hydrogens is 507 g/mol. The highest BCUT2D eigenvalue weighted by Gasteiger charge is 2.40. The van der Waals surface area contributed by atoms with Gasteiger partial charge in [0.25, 0.3) is 15.9 Å². The minimum absolute atomic E-state index is 0.0468. The maximum Gasteiger partial charge on any atom is 0.270 e. The van der Waals surface area contributed by atoms with Gasteiger partial charge in [-0.05, 0) is 61.9 Å². The molecule has 0 unspecified atom stereocenters. The van der Waals surface area contributed by atoms with Crippen LogP contribution in [0.25, 0.3) is 22.0 Å². The lowest BCUT2D eigenvalue weighted by Gasteiger charge is -2.37. The molecule has 0 spiro atoms. The first kappa shape index (κ1) is 24.0. The van der Waals surface area contributed by atoms with E-state index in [1.807, 2.05) is 12.1 Å². The summed E-state index contributed by atoms with van der Waals surface area (Å²) < 4.78 is 47.3. The van der Waals surface area contributed by atoms with Gasteiger partial charge in [-0.25, -0.2) is 17.8 Å². The summed E-state index contributed by atoms with van der Waals surface area (Å²) in [6, 6.07) is 11.4. The highest BCUT2D eigenvalue weighted by molar-refractivity contribution is 7.92. The number of halogens is 2. The van der Waals surface area contributed by atoms with Crippen molar-refractivity contribution in [1.29, 1.82) is 0 Å². The number of nitrogens with one attached hydrogen (secondary N) is 1. The number of amides is 1. The molecule has 0 saturated heterocycles. The Kier molecular flexibility index (Phi) is 5.60. The van der Waals surface area contributed by atoms with E-state index in [9.17, 15) is 17.6 Å². The monoisotopic (exact) mass is 526 g/mol. The molecule has 8 nitrogen and oxygen atoms in total. The van der Waals surface area contributed by atoms with Gasteiger partial charge < -0.3 is 9.64 Å². The lowest BCUT2D eigenvalue weighted by Crippen LogP contribution is -2.51. The normalized spacial score (nSPS) is 14.9. The molecule has 0 aliphatic carbocycles. The van der Waals surface area contributed by atoms with Crippen molar-refractivity contribution in [3.05, 3.63) is 71.9 Å². The first-order valence-corrected chi connectivity index (χ1v) is 12.7. The summed E-state index contributed by atoms with van der Waals surface area (Å²) in [6.07, 6.45) is 3.11. The summed E-state index contributed by atoms with van der Waals surface area (Å²) in [5.41, 5.74) is 1.50. The Balaban J connectivity index is 1.57. The summed E-state index contributed by atoms with van der Waals surface area (Å²) in [5.74, 6) is -0.216. The molecular formula is C25H20ClFN4O4S. The van der Waals surface area contributed by atoms with Gasteiger partial charge in [-0.1, -0.05) is 17.7 Å². The Hall–Kier alpha value is -3.76. The molecule has 0 atom stereocenters. The fraction of sp³-hybridized carbons (Fsp3) is 0.160. The first-order valence-electron chi connectivity index (χ1n) is 10.8. The number of ether oxygens (including phenoxy) is 1. The van der Waals surface area contributed by atoms with Crippen molar-refractivity contribution < 1.29 is 22.3 Å². The van der Waals surface area contributed by atoms with Crippen LogP contribution in [0.2, 0.25) is 5.15 Å². The number of rotatable bonds is 4. The molecule has 0 radical (unpaired) electrons. The average molecular weight is 527 g/mol. The number of likely N-dealkylation sites (N-methyl/N-ethyl adjacent to an activating group) is 1. The van der Waals surface area contributed by atoms with E-state index < -0.39 is 21.4 Å². The third kappa shape index (κ3) is 4.12. The molecule has 11 heteroatoms. The van der Waals surface area contributed by atoms with Crippen LogP contribution in [-0.4, -0.2) is 36.9 Å². The quantitative estimate of drug-likeness (QED) is 0.374. The van der Waals surface area contributed by atoms with Crippen LogP contribution in [0.3, 0.4) is 0 Å². The maximum absolute atomic E-state index is 13.2. The van der Waals surface area contributed by atoms with E-state index in [4.69, 9.17) is 16.3 Å². The first-order chi connectivity index (χ1) is 17.0. The van der Waals surface area contributed by atoms with Crippen LogP contribution in [0.5, 0.6) is 5.75 Å². The van der Waals surface area contributed by atoms with Crippen LogP contribution < -0.4 is 14.4 Å². The van der Waals surface area contributed by atoms with E-state index in [2.05, 4.69) is 14.7 Å². The average Bonchev–Trinajstić information content (AvgIpc) is 2.83. The SMILES string of the molecule is CN1C(=O)C(C)(C)Oc2c1cnc1ccc(-c3cnc(Cl)c(NS(=O)(=O)c4ccc(F)cc4)c3)cc21. The number of nitrogens with zero attached hydrogens (tertiary/aromatic N) is 3. The molecule has 1 amide bonds. The Morgan fingerprint density at radius 3 is 2.47 bits per heavy atom. The van der Waals surface area contributed by atoms with E-state index in [-0.39, 0.29) is 21.6 Å². The zero-order chi connectivity index (χ0) is 25.8. The largest absolute Gasteiger partial charge is 0.475 e. The van der Waals surface area contributed by atoms with E-state index in [1.165, 1.54) is 11.1 Å². The molecule has 3 heterocycles. The van der Waals surface area contributed by atoms with Crippen molar-refractivity contribution in [2.24, 2.45) is 0 Å². The number of carbonyl (C=O) groups is 1. The molecule has 1 aliphatic rings. The molecule has 1 N–H and O–H groups in total. The number of hydrogen-bond acceptors (Lipinski definition) is 6. The Morgan fingerprint density at radius 1 is 1.03 bits per heavy atom. The van der Waals surface area contributed by atoms with Gasteiger partial charge in [-0.2, -0.15) is 0 Å². The molecule has 184 valence electrons. The molecule has 0 bridgehead atoms. The molecule has 4 aromatic rings. The zero-order valence-corrected chi connectivity index (χ0v) is 21.0. The molecule has 5 rings (SSSR count). The minimum atomic E-state index is -4.03. The standard InChI is InChI=1S/C25H20ClFN4O4S/c1-25(2)24(32)31(3)21-13-28-19-9-4-14(10-18(19)22(21)35-25)15-11-20(23(26)29-12-15)30-36(33,34)17-7-5-16(27)6-8-17/h4-13,30H,1-3H3. The summed E-state index contributed by atoms with van der Waals surface area (Å²) in [7, 11) is -2.36. The third-order valence-corrected chi connectivity index (χ3v) is 7.56. The van der Waals surface area contributed by atoms with Crippen LogP contribution in [0.4, 0.5) is 15.8 Å². The molecule has 0 saturated carbocycles. The second-order valence-electron chi connectivity index (χ2n) is 8.80. The number of fused-ring (bicyclic) bond motifs is 3. The van der Waals surface area contributed by atoms with Crippen molar-refractivity contribution >= 4 is 49.8 Å². The minimum Gasteiger partial charge on any atom is -0.475 e. The fourth-order valence-electron chi connectivity index (χ4n) is 3.99. The number of pyridine rings is 2. The van der Waals surface area contributed by atoms with Crippen LogP contribution in [-0.2, 0) is 14.8 Å². The Bertz CT molecular complexity index is 1640. The molecule has 2 aromatic carbocycles. The van der Waals surface area contributed by atoms with Gasteiger partial charge in [-0.15, -0.1) is 0 Å². The van der Waals surface area contributed by atoms with Gasteiger partial charge in [0.2, 0.25) is 0 Å². The second kappa shape index (κ2) is 8.42. The van der Waals surface area contributed by atoms with Gasteiger partial charge >= 0.3 is 0 Å². The van der Waals surface area contributed by atoms with E-state index in [0.717, 1.165) is 24.3 Å². The van der Waals surface area contributed by atoms with Gasteiger partial charge in [0.05, 0.1) is 22.3 Å². The van der Waals surface area contributed by atoms with Crippen molar-refractivity contribution in [3.63, 3.8) is 0 Å². The Morgan fingerprint density at radius 2 is 1.75 bits per heavy atom. The molecule has 0 fully saturated rings. The number of anilines is 2. The second-order valence-corrected chi connectivity index (χ2v) is 10.8. The number of hydrogen-bond donors (Lipinski definition) is 1. The lowest BCUT2D eigenvalue weighted by atomic mass is 10.0. The predicted octanol–water partition coefficient (Wildman–Crippen LogP) is 5.02. The highest BCUT2D eigenvalue weighted by Crippen LogP contribution is 2.42. The van der Waals surface area contributed by atoms with E-state index >= 15 is 0 Å². The molecule has 36 heavy (non-hydrogen) atoms. The topological polar surface area (TPSA) is 101 Å². The van der Waals surface area contributed by atoms with Crippen molar-refractivity contribution in [1.82, 2.24) is 9.97 Å². The fourth-order valence-corrected chi connectivity index (χ4v) is 5.25. The lowest BCUT2D eigenvalue weighted by molar-refractivity contribution is -0.132. The smallest absolute Gasteiger partial charge is 0.270 e. The zero-order valence-electron chi connectivity index (χ0n) is 19.4. The highest BCUT2D eigenvalue weighted by atomic mass is 35.5. The maximum atomic E-state index is 13.2. The summed E-state index contributed by atoms with van der Waals surface area (Å²) in [5, 5.41) is 0.635. The van der Waals surface area contributed by atoms with Crippen LogP contribution in [0.1, 0.15) is 13.8 Å². The van der Waals surface area contributed by atoms with Gasteiger partial charge in [0.1, 0.15) is 11.5 Å². The predicted molar refractivity (Wildman–Crippen MR) is 135 cm³/mol. The summed E-state index contributed by atoms with van der Waals surface area (Å²) in [6.45, 7) is 3.40. The van der Waals surface area contributed by atoms with Crippen LogP contribution in [0.15, 0.2) is 65.8 Å². The summed E-state index contributed by atoms with van der Waals surface area (Å²) in [4.78, 5) is 22.6. The number of sulfonamides is 1. The number of aromatic nitrogens is 2. The molecule has 2 aromatic heterocycles. The van der Waals surface area contributed by atoms with Gasteiger partial charge in [0.15, 0.2) is 16.5 Å². The van der Waals surface area contributed by atoms with Crippen LogP contribution in [0, 0.1) is 5.82 Å². The van der Waals surface area contributed by atoms with Crippen molar-refractivity contribution in [2.75, 3.05) is 16.7 Å². The van der Waals surface area contributed by atoms with E-state index in [1.54, 1.807) is 39.2 Å².